The number of benzene rings is 2. The number of hydrogen-bond donors (Lipinski definition) is 1. The molecule has 4 nitrogen and oxygen atoms in total. The summed E-state index contributed by atoms with van der Waals surface area (Å²) in [6.07, 6.45) is 1.99. The summed E-state index contributed by atoms with van der Waals surface area (Å²) in [6.45, 7) is 1.94. The second-order valence-corrected chi connectivity index (χ2v) is 7.13. The Morgan fingerprint density at radius 3 is 2.84 bits per heavy atom. The van der Waals surface area contributed by atoms with Crippen molar-refractivity contribution >= 4 is 22.4 Å². The summed E-state index contributed by atoms with van der Waals surface area (Å²) in [5.74, 6) is 0.535. The van der Waals surface area contributed by atoms with Gasteiger partial charge in [0.25, 0.3) is 5.91 Å². The molecule has 126 valence electrons. The standard InChI is InChI=1S/C20H18N2O2S/c1-13-6-2-5-9-16(13)24-12-18(23)21-20-22-19-15-8-4-3-7-14(15)10-11-17(19)25-20/h2-9H,10-12H2,1H3,(H,21,22,23). The van der Waals surface area contributed by atoms with Gasteiger partial charge in [-0.25, -0.2) is 4.98 Å². The highest BCUT2D eigenvalue weighted by Crippen LogP contribution is 2.37. The zero-order chi connectivity index (χ0) is 17.2. The van der Waals surface area contributed by atoms with Crippen LogP contribution in [0.4, 0.5) is 5.13 Å². The van der Waals surface area contributed by atoms with Crippen molar-refractivity contribution in [3.8, 4) is 17.0 Å². The third kappa shape index (κ3) is 3.28. The van der Waals surface area contributed by atoms with Gasteiger partial charge in [0.15, 0.2) is 11.7 Å². The zero-order valence-electron chi connectivity index (χ0n) is 13.9. The summed E-state index contributed by atoms with van der Waals surface area (Å²) in [5.41, 5.74) is 4.51. The van der Waals surface area contributed by atoms with Gasteiger partial charge < -0.3 is 4.74 Å². The van der Waals surface area contributed by atoms with Gasteiger partial charge in [0, 0.05) is 10.4 Å². The average Bonchev–Trinajstić information content (AvgIpc) is 3.04. The molecule has 1 aliphatic rings. The number of nitrogens with one attached hydrogen (secondary N) is 1. The summed E-state index contributed by atoms with van der Waals surface area (Å²) in [5, 5.41) is 3.50. The lowest BCUT2D eigenvalue weighted by molar-refractivity contribution is -0.118. The molecule has 0 aliphatic heterocycles. The fourth-order valence-corrected chi connectivity index (χ4v) is 4.01. The number of nitrogens with zero attached hydrogens (tertiary/aromatic N) is 1. The second-order valence-electron chi connectivity index (χ2n) is 6.05. The molecule has 0 saturated carbocycles. The van der Waals surface area contributed by atoms with Crippen LogP contribution in [0.3, 0.4) is 0 Å². The summed E-state index contributed by atoms with van der Waals surface area (Å²) in [7, 11) is 0. The molecular formula is C20H18N2O2S. The van der Waals surface area contributed by atoms with Crippen LogP contribution in [0.15, 0.2) is 48.5 Å². The Balaban J connectivity index is 1.45. The van der Waals surface area contributed by atoms with Crippen molar-refractivity contribution < 1.29 is 9.53 Å². The Hall–Kier alpha value is -2.66. The molecule has 1 amide bonds. The highest BCUT2D eigenvalue weighted by Gasteiger charge is 2.21. The lowest BCUT2D eigenvalue weighted by Crippen LogP contribution is -2.20. The van der Waals surface area contributed by atoms with Crippen molar-refractivity contribution in [2.45, 2.75) is 19.8 Å². The minimum atomic E-state index is -0.192. The van der Waals surface area contributed by atoms with E-state index in [0.717, 1.165) is 29.8 Å². The number of ether oxygens (including phenoxy) is 1. The van der Waals surface area contributed by atoms with Crippen molar-refractivity contribution in [1.29, 1.82) is 0 Å². The molecule has 5 heteroatoms. The lowest BCUT2D eigenvalue weighted by Gasteiger charge is -2.13. The van der Waals surface area contributed by atoms with Gasteiger partial charge in [-0.1, -0.05) is 42.5 Å². The quantitative estimate of drug-likeness (QED) is 0.766. The smallest absolute Gasteiger partial charge is 0.264 e. The van der Waals surface area contributed by atoms with E-state index in [1.165, 1.54) is 16.0 Å². The number of aromatic nitrogens is 1. The first-order valence-corrected chi connectivity index (χ1v) is 9.08. The third-order valence-electron chi connectivity index (χ3n) is 4.29. The predicted molar refractivity (Wildman–Crippen MR) is 100 cm³/mol. The number of para-hydroxylation sites is 1. The monoisotopic (exact) mass is 350 g/mol. The molecule has 0 unspecified atom stereocenters. The first kappa shape index (κ1) is 15.8. The minimum absolute atomic E-state index is 0.0221. The largest absolute Gasteiger partial charge is 0.483 e. The SMILES string of the molecule is Cc1ccccc1OCC(=O)Nc1nc2c(s1)CCc1ccccc1-2. The van der Waals surface area contributed by atoms with Gasteiger partial charge >= 0.3 is 0 Å². The number of hydrogen-bond acceptors (Lipinski definition) is 4. The van der Waals surface area contributed by atoms with Gasteiger partial charge in [-0.2, -0.15) is 0 Å². The maximum atomic E-state index is 12.2. The molecule has 0 radical (unpaired) electrons. The molecule has 0 atom stereocenters. The summed E-state index contributed by atoms with van der Waals surface area (Å²) < 4.78 is 5.59. The molecule has 2 aromatic carbocycles. The topological polar surface area (TPSA) is 51.2 Å². The van der Waals surface area contributed by atoms with E-state index >= 15 is 0 Å². The molecule has 1 heterocycles. The molecular weight excluding hydrogens is 332 g/mol. The Kier molecular flexibility index (Phi) is 4.24. The molecule has 0 saturated heterocycles. The Morgan fingerprint density at radius 1 is 1.16 bits per heavy atom. The number of fused-ring (bicyclic) bond motifs is 3. The minimum Gasteiger partial charge on any atom is -0.483 e. The number of amides is 1. The molecule has 1 aromatic heterocycles. The van der Waals surface area contributed by atoms with Gasteiger partial charge in [0.2, 0.25) is 0 Å². The van der Waals surface area contributed by atoms with E-state index in [4.69, 9.17) is 4.74 Å². The maximum absolute atomic E-state index is 12.2. The van der Waals surface area contributed by atoms with E-state index in [2.05, 4.69) is 28.5 Å². The molecule has 4 rings (SSSR count). The Morgan fingerprint density at radius 2 is 1.96 bits per heavy atom. The molecule has 1 N–H and O–H groups in total. The van der Waals surface area contributed by atoms with Gasteiger partial charge in [-0.15, -0.1) is 11.3 Å². The summed E-state index contributed by atoms with van der Waals surface area (Å²) in [4.78, 5) is 18.1. The van der Waals surface area contributed by atoms with Crippen LogP contribution < -0.4 is 10.1 Å². The summed E-state index contributed by atoms with van der Waals surface area (Å²) >= 11 is 1.55. The van der Waals surface area contributed by atoms with Gasteiger partial charge in [0.1, 0.15) is 5.75 Å². The number of anilines is 1. The van der Waals surface area contributed by atoms with Crippen LogP contribution in [0.5, 0.6) is 5.75 Å². The van der Waals surface area contributed by atoms with Crippen molar-refractivity contribution in [3.05, 3.63) is 64.5 Å². The average molecular weight is 350 g/mol. The van der Waals surface area contributed by atoms with E-state index in [-0.39, 0.29) is 12.5 Å². The van der Waals surface area contributed by atoms with Gasteiger partial charge in [0.05, 0.1) is 5.69 Å². The van der Waals surface area contributed by atoms with E-state index in [1.807, 2.05) is 37.3 Å². The fraction of sp³-hybridized carbons (Fsp3) is 0.200. The van der Waals surface area contributed by atoms with Crippen LogP contribution in [0.2, 0.25) is 0 Å². The van der Waals surface area contributed by atoms with Crippen molar-refractivity contribution in [2.75, 3.05) is 11.9 Å². The Labute approximate surface area is 150 Å². The van der Waals surface area contributed by atoms with Crippen LogP contribution in [-0.4, -0.2) is 17.5 Å². The van der Waals surface area contributed by atoms with Crippen LogP contribution in [0.1, 0.15) is 16.0 Å². The summed E-state index contributed by atoms with van der Waals surface area (Å²) in [6, 6.07) is 16.0. The van der Waals surface area contributed by atoms with E-state index in [9.17, 15) is 4.79 Å². The number of carbonyl (C=O) groups excluding carboxylic acids is 1. The van der Waals surface area contributed by atoms with Crippen LogP contribution in [-0.2, 0) is 17.6 Å². The molecule has 0 fully saturated rings. The third-order valence-corrected chi connectivity index (χ3v) is 5.32. The van der Waals surface area contributed by atoms with Crippen molar-refractivity contribution in [1.82, 2.24) is 4.98 Å². The van der Waals surface area contributed by atoms with Gasteiger partial charge in [-0.3, -0.25) is 10.1 Å². The highest BCUT2D eigenvalue weighted by atomic mass is 32.1. The number of aryl methyl sites for hydroxylation is 3. The fourth-order valence-electron chi connectivity index (χ4n) is 3.02. The van der Waals surface area contributed by atoms with E-state index < -0.39 is 0 Å². The zero-order valence-corrected chi connectivity index (χ0v) is 14.7. The second kappa shape index (κ2) is 6.69. The molecule has 3 aromatic rings. The van der Waals surface area contributed by atoms with Gasteiger partial charge in [-0.05, 0) is 37.0 Å². The first-order chi connectivity index (χ1) is 12.2. The Bertz CT molecular complexity index is 933. The normalized spacial score (nSPS) is 12.2. The van der Waals surface area contributed by atoms with Crippen molar-refractivity contribution in [3.63, 3.8) is 0 Å². The maximum Gasteiger partial charge on any atom is 0.264 e. The van der Waals surface area contributed by atoms with Crippen LogP contribution >= 0.6 is 11.3 Å². The van der Waals surface area contributed by atoms with Crippen LogP contribution in [0.25, 0.3) is 11.3 Å². The molecule has 25 heavy (non-hydrogen) atoms. The number of rotatable bonds is 4. The van der Waals surface area contributed by atoms with E-state index in [0.29, 0.717) is 5.13 Å². The first-order valence-electron chi connectivity index (χ1n) is 8.27. The van der Waals surface area contributed by atoms with Crippen molar-refractivity contribution in [2.24, 2.45) is 0 Å². The van der Waals surface area contributed by atoms with E-state index in [1.54, 1.807) is 11.3 Å². The number of carbonyl (C=O) groups is 1. The highest BCUT2D eigenvalue weighted by molar-refractivity contribution is 7.16. The lowest BCUT2D eigenvalue weighted by atomic mass is 9.94. The predicted octanol–water partition coefficient (Wildman–Crippen LogP) is 4.23. The van der Waals surface area contributed by atoms with Crippen LogP contribution in [0, 0.1) is 6.92 Å². The molecule has 0 spiro atoms. The number of thiazole rings is 1. The molecule has 1 aliphatic carbocycles. The molecule has 0 bridgehead atoms.